The van der Waals surface area contributed by atoms with Crippen LogP contribution in [0.5, 0.6) is 0 Å². The normalized spacial score (nSPS) is 17.5. The van der Waals surface area contributed by atoms with Crippen LogP contribution in [0.15, 0.2) is 43.0 Å². The van der Waals surface area contributed by atoms with Gasteiger partial charge < -0.3 is 10.2 Å². The van der Waals surface area contributed by atoms with E-state index in [9.17, 15) is 9.59 Å². The van der Waals surface area contributed by atoms with Gasteiger partial charge in [-0.1, -0.05) is 18.2 Å². The van der Waals surface area contributed by atoms with Gasteiger partial charge in [-0.2, -0.15) is 0 Å². The van der Waals surface area contributed by atoms with Crippen LogP contribution < -0.4 is 10.2 Å². The number of hydrogen-bond donors (Lipinski definition) is 1. The van der Waals surface area contributed by atoms with Crippen LogP contribution in [0, 0.1) is 0 Å². The molecule has 0 aliphatic carbocycles. The maximum absolute atomic E-state index is 12.7. The lowest BCUT2D eigenvalue weighted by Crippen LogP contribution is -2.44. The van der Waals surface area contributed by atoms with Crippen LogP contribution in [0.25, 0.3) is 10.8 Å². The van der Waals surface area contributed by atoms with Crippen LogP contribution in [-0.4, -0.2) is 49.4 Å². The molecule has 2 heterocycles. The monoisotopic (exact) mass is 321 g/mol. The summed E-state index contributed by atoms with van der Waals surface area (Å²) in [5.74, 6) is -0.481. The number of rotatable bonds is 3. The van der Waals surface area contributed by atoms with Crippen LogP contribution in [0.2, 0.25) is 0 Å². The number of nitrogens with zero attached hydrogens (tertiary/aromatic N) is 2. The topological polar surface area (TPSA) is 52.7 Å². The van der Waals surface area contributed by atoms with Crippen molar-refractivity contribution < 1.29 is 9.59 Å². The number of benzene rings is 2. The molecule has 4 rings (SSSR count). The molecule has 0 bridgehead atoms. The van der Waals surface area contributed by atoms with E-state index in [0.717, 1.165) is 42.6 Å². The van der Waals surface area contributed by atoms with Gasteiger partial charge in [-0.3, -0.25) is 14.5 Å². The molecule has 1 N–H and O–H groups in total. The average Bonchev–Trinajstić information content (AvgIpc) is 2.63. The summed E-state index contributed by atoms with van der Waals surface area (Å²) < 4.78 is 0. The third-order valence-corrected chi connectivity index (χ3v) is 4.74. The van der Waals surface area contributed by atoms with Crippen molar-refractivity contribution in [1.29, 1.82) is 0 Å². The lowest BCUT2D eigenvalue weighted by molar-refractivity contribution is 0.0629. The molecule has 2 aromatic rings. The number of piperazine rings is 1. The summed E-state index contributed by atoms with van der Waals surface area (Å²) in [6.45, 7) is 7.59. The fourth-order valence-electron chi connectivity index (χ4n) is 3.61. The Kier molecular flexibility index (Phi) is 3.58. The quantitative estimate of drug-likeness (QED) is 0.694. The fourth-order valence-corrected chi connectivity index (χ4v) is 3.61. The molecule has 122 valence electrons. The second-order valence-corrected chi connectivity index (χ2v) is 6.11. The van der Waals surface area contributed by atoms with Crippen LogP contribution in [0.3, 0.4) is 0 Å². The number of imide groups is 1. The van der Waals surface area contributed by atoms with Gasteiger partial charge in [0.25, 0.3) is 11.8 Å². The summed E-state index contributed by atoms with van der Waals surface area (Å²) in [5.41, 5.74) is 2.29. The van der Waals surface area contributed by atoms with Gasteiger partial charge >= 0.3 is 0 Å². The third-order valence-electron chi connectivity index (χ3n) is 4.74. The highest BCUT2D eigenvalue weighted by atomic mass is 16.2. The molecule has 5 heteroatoms. The van der Waals surface area contributed by atoms with Gasteiger partial charge in [-0.15, -0.1) is 6.58 Å². The van der Waals surface area contributed by atoms with E-state index in [-0.39, 0.29) is 18.4 Å². The Morgan fingerprint density at radius 2 is 1.75 bits per heavy atom. The van der Waals surface area contributed by atoms with E-state index in [1.54, 1.807) is 12.1 Å². The molecular weight excluding hydrogens is 302 g/mol. The first-order valence-electron chi connectivity index (χ1n) is 8.21. The van der Waals surface area contributed by atoms with E-state index < -0.39 is 0 Å². The van der Waals surface area contributed by atoms with Crippen molar-refractivity contribution in [3.8, 4) is 0 Å². The van der Waals surface area contributed by atoms with Crippen LogP contribution in [-0.2, 0) is 0 Å². The minimum absolute atomic E-state index is 0.229. The van der Waals surface area contributed by atoms with E-state index in [0.29, 0.717) is 11.1 Å². The van der Waals surface area contributed by atoms with Gasteiger partial charge in [0.15, 0.2) is 0 Å². The zero-order valence-electron chi connectivity index (χ0n) is 13.4. The Labute approximate surface area is 140 Å². The molecule has 0 spiro atoms. The highest BCUT2D eigenvalue weighted by Crippen LogP contribution is 2.36. The van der Waals surface area contributed by atoms with Crippen molar-refractivity contribution in [3.63, 3.8) is 0 Å². The number of carbonyl (C=O) groups excluding carboxylic acids is 2. The minimum Gasteiger partial charge on any atom is -0.368 e. The number of hydrogen-bond acceptors (Lipinski definition) is 4. The second kappa shape index (κ2) is 5.76. The lowest BCUT2D eigenvalue weighted by atomic mass is 9.92. The molecule has 24 heavy (non-hydrogen) atoms. The molecule has 0 radical (unpaired) electrons. The highest BCUT2D eigenvalue weighted by molar-refractivity contribution is 6.26. The van der Waals surface area contributed by atoms with Crippen LogP contribution in [0.1, 0.15) is 20.7 Å². The van der Waals surface area contributed by atoms with Crippen LogP contribution in [0.4, 0.5) is 5.69 Å². The van der Waals surface area contributed by atoms with Crippen molar-refractivity contribution in [2.24, 2.45) is 0 Å². The van der Waals surface area contributed by atoms with Gasteiger partial charge in [0.05, 0.1) is 0 Å². The molecule has 2 amide bonds. The SMILES string of the molecule is C=CCN1C(=O)c2cccc3c(N4CCNCC4)ccc(c23)C1=O. The Morgan fingerprint density at radius 3 is 2.46 bits per heavy atom. The predicted octanol–water partition coefficient (Wildman–Crippen LogP) is 2.03. The maximum atomic E-state index is 12.7. The van der Waals surface area contributed by atoms with Crippen molar-refractivity contribution >= 4 is 28.3 Å². The average molecular weight is 321 g/mol. The summed E-state index contributed by atoms with van der Waals surface area (Å²) in [4.78, 5) is 29.0. The fraction of sp³-hybridized carbons (Fsp3) is 0.263. The molecule has 0 saturated carbocycles. The molecule has 2 aromatic carbocycles. The standard InChI is InChI=1S/C19H19N3O2/c1-2-10-22-18(23)14-5-3-4-13-16(21-11-8-20-9-12-21)7-6-15(17(13)14)19(22)24/h2-7,20H,1,8-12H2. The second-order valence-electron chi connectivity index (χ2n) is 6.11. The summed E-state index contributed by atoms with van der Waals surface area (Å²) in [6.07, 6.45) is 1.58. The third kappa shape index (κ3) is 2.12. The molecule has 0 unspecified atom stereocenters. The molecule has 2 aliphatic heterocycles. The first-order chi connectivity index (χ1) is 11.7. The van der Waals surface area contributed by atoms with Crippen molar-refractivity contribution in [1.82, 2.24) is 10.2 Å². The van der Waals surface area contributed by atoms with Gasteiger partial charge in [0, 0.05) is 60.3 Å². The summed E-state index contributed by atoms with van der Waals surface area (Å²) in [5, 5.41) is 5.11. The van der Waals surface area contributed by atoms with Gasteiger partial charge in [-0.25, -0.2) is 0 Å². The predicted molar refractivity (Wildman–Crippen MR) is 94.6 cm³/mol. The largest absolute Gasteiger partial charge is 0.368 e. The Hall–Kier alpha value is -2.66. The summed E-state index contributed by atoms with van der Waals surface area (Å²) in [6, 6.07) is 9.56. The number of carbonyl (C=O) groups is 2. The van der Waals surface area contributed by atoms with Gasteiger partial charge in [0.2, 0.25) is 0 Å². The number of nitrogens with one attached hydrogen (secondary N) is 1. The first-order valence-corrected chi connectivity index (χ1v) is 8.21. The molecular formula is C19H19N3O2. The lowest BCUT2D eigenvalue weighted by Gasteiger charge is -2.32. The molecule has 0 atom stereocenters. The molecule has 5 nitrogen and oxygen atoms in total. The minimum atomic E-state index is -0.240. The Balaban J connectivity index is 1.92. The van der Waals surface area contributed by atoms with E-state index in [2.05, 4.69) is 16.8 Å². The molecule has 1 fully saturated rings. The Morgan fingerprint density at radius 1 is 1.04 bits per heavy atom. The smallest absolute Gasteiger partial charge is 0.261 e. The van der Waals surface area contributed by atoms with Crippen molar-refractivity contribution in [2.75, 3.05) is 37.6 Å². The first kappa shape index (κ1) is 14.9. The zero-order valence-corrected chi connectivity index (χ0v) is 13.4. The number of amides is 2. The summed E-state index contributed by atoms with van der Waals surface area (Å²) >= 11 is 0. The van der Waals surface area contributed by atoms with E-state index in [4.69, 9.17) is 0 Å². The van der Waals surface area contributed by atoms with Crippen molar-refractivity contribution in [2.45, 2.75) is 0 Å². The van der Waals surface area contributed by atoms with Crippen LogP contribution >= 0.6 is 0 Å². The van der Waals surface area contributed by atoms with Gasteiger partial charge in [-0.05, 0) is 18.2 Å². The van der Waals surface area contributed by atoms with Crippen molar-refractivity contribution in [3.05, 3.63) is 54.1 Å². The molecule has 0 aromatic heterocycles. The zero-order chi connectivity index (χ0) is 16.7. The summed E-state index contributed by atoms with van der Waals surface area (Å²) in [7, 11) is 0. The van der Waals surface area contributed by atoms with E-state index >= 15 is 0 Å². The van der Waals surface area contributed by atoms with E-state index in [1.807, 2.05) is 24.3 Å². The molecule has 1 saturated heterocycles. The number of anilines is 1. The van der Waals surface area contributed by atoms with Gasteiger partial charge in [0.1, 0.15) is 0 Å². The molecule has 2 aliphatic rings. The maximum Gasteiger partial charge on any atom is 0.261 e. The Bertz CT molecular complexity index is 831. The van der Waals surface area contributed by atoms with E-state index in [1.165, 1.54) is 4.90 Å². The highest BCUT2D eigenvalue weighted by Gasteiger charge is 2.32.